The normalized spacial score (nSPS) is 17.1. The molecule has 4 heteroatoms. The highest BCUT2D eigenvalue weighted by molar-refractivity contribution is 5.96. The SMILES string of the molecule is N#Cc1ccc([C@H](CC(=O)c2ccccc2)[C@@H]2C=CC(=O)O2)cc1. The van der Waals surface area contributed by atoms with Gasteiger partial charge in [-0.25, -0.2) is 4.79 Å². The number of carbonyl (C=O) groups is 2. The molecular weight excluding hydrogens is 302 g/mol. The molecule has 0 aromatic heterocycles. The van der Waals surface area contributed by atoms with E-state index in [1.165, 1.54) is 6.08 Å². The van der Waals surface area contributed by atoms with E-state index in [2.05, 4.69) is 6.07 Å². The number of ketones is 1. The molecule has 0 aliphatic carbocycles. The van der Waals surface area contributed by atoms with Crippen LogP contribution in [0.4, 0.5) is 0 Å². The maximum Gasteiger partial charge on any atom is 0.331 e. The van der Waals surface area contributed by atoms with Gasteiger partial charge in [0.1, 0.15) is 6.10 Å². The Kier molecular flexibility index (Phi) is 4.53. The van der Waals surface area contributed by atoms with Gasteiger partial charge in [0.25, 0.3) is 0 Å². The minimum absolute atomic E-state index is 0.0127. The van der Waals surface area contributed by atoms with Gasteiger partial charge >= 0.3 is 5.97 Å². The van der Waals surface area contributed by atoms with Gasteiger partial charge in [0.05, 0.1) is 11.6 Å². The number of nitriles is 1. The molecule has 2 aromatic carbocycles. The second-order valence-corrected chi connectivity index (χ2v) is 5.59. The summed E-state index contributed by atoms with van der Waals surface area (Å²) in [7, 11) is 0. The number of ether oxygens (including phenoxy) is 1. The number of cyclic esters (lactones) is 1. The average molecular weight is 317 g/mol. The Morgan fingerprint density at radius 3 is 2.42 bits per heavy atom. The Labute approximate surface area is 140 Å². The Bertz CT molecular complexity index is 816. The van der Waals surface area contributed by atoms with Crippen LogP contribution in [0.3, 0.4) is 0 Å². The Balaban J connectivity index is 1.87. The van der Waals surface area contributed by atoms with Gasteiger partial charge in [0.15, 0.2) is 5.78 Å². The molecule has 0 bridgehead atoms. The fraction of sp³-hybridized carbons (Fsp3) is 0.150. The monoisotopic (exact) mass is 317 g/mol. The average Bonchev–Trinajstić information content (AvgIpc) is 3.06. The van der Waals surface area contributed by atoms with Crippen molar-refractivity contribution in [3.8, 4) is 6.07 Å². The van der Waals surface area contributed by atoms with Gasteiger partial charge in [0, 0.05) is 24.0 Å². The number of rotatable bonds is 5. The van der Waals surface area contributed by atoms with Crippen molar-refractivity contribution in [2.75, 3.05) is 0 Å². The highest BCUT2D eigenvalue weighted by Gasteiger charge is 2.30. The summed E-state index contributed by atoms with van der Waals surface area (Å²) < 4.78 is 5.30. The molecular formula is C20H15NO3. The number of carbonyl (C=O) groups excluding carboxylic acids is 2. The molecule has 0 saturated heterocycles. The molecule has 118 valence electrons. The summed E-state index contributed by atoms with van der Waals surface area (Å²) in [4.78, 5) is 24.0. The highest BCUT2D eigenvalue weighted by Crippen LogP contribution is 2.30. The van der Waals surface area contributed by atoms with E-state index >= 15 is 0 Å². The van der Waals surface area contributed by atoms with Crippen LogP contribution in [0.2, 0.25) is 0 Å². The maximum atomic E-state index is 12.6. The van der Waals surface area contributed by atoms with E-state index in [9.17, 15) is 9.59 Å². The zero-order valence-electron chi connectivity index (χ0n) is 12.9. The lowest BCUT2D eigenvalue weighted by atomic mass is 9.87. The summed E-state index contributed by atoms with van der Waals surface area (Å²) in [5.41, 5.74) is 2.04. The van der Waals surface area contributed by atoms with Crippen LogP contribution >= 0.6 is 0 Å². The van der Waals surface area contributed by atoms with Gasteiger partial charge in [-0.15, -0.1) is 0 Å². The molecule has 3 rings (SSSR count). The molecule has 0 radical (unpaired) electrons. The van der Waals surface area contributed by atoms with Gasteiger partial charge < -0.3 is 4.74 Å². The number of benzene rings is 2. The molecule has 2 aromatic rings. The lowest BCUT2D eigenvalue weighted by Crippen LogP contribution is -2.21. The summed E-state index contributed by atoms with van der Waals surface area (Å²) >= 11 is 0. The third-order valence-electron chi connectivity index (χ3n) is 4.04. The van der Waals surface area contributed by atoms with E-state index in [1.54, 1.807) is 30.3 Å². The second kappa shape index (κ2) is 6.93. The van der Waals surface area contributed by atoms with E-state index in [0.29, 0.717) is 11.1 Å². The van der Waals surface area contributed by atoms with Crippen LogP contribution in [-0.2, 0) is 9.53 Å². The Morgan fingerprint density at radius 1 is 1.12 bits per heavy atom. The molecule has 4 nitrogen and oxygen atoms in total. The summed E-state index contributed by atoms with van der Waals surface area (Å²) in [6.07, 6.45) is 2.81. The molecule has 2 atom stereocenters. The smallest absolute Gasteiger partial charge is 0.331 e. The number of hydrogen-bond acceptors (Lipinski definition) is 4. The minimum Gasteiger partial charge on any atom is -0.454 e. The van der Waals surface area contributed by atoms with Crippen molar-refractivity contribution in [2.24, 2.45) is 0 Å². The highest BCUT2D eigenvalue weighted by atomic mass is 16.5. The third kappa shape index (κ3) is 3.41. The van der Waals surface area contributed by atoms with Crippen molar-refractivity contribution in [1.82, 2.24) is 0 Å². The number of esters is 1. The van der Waals surface area contributed by atoms with Crippen molar-refractivity contribution < 1.29 is 14.3 Å². The van der Waals surface area contributed by atoms with Crippen LogP contribution in [0.5, 0.6) is 0 Å². The Morgan fingerprint density at radius 2 is 1.83 bits per heavy atom. The van der Waals surface area contributed by atoms with Crippen LogP contribution in [-0.4, -0.2) is 17.9 Å². The lowest BCUT2D eigenvalue weighted by molar-refractivity contribution is -0.139. The first-order valence-corrected chi connectivity index (χ1v) is 7.64. The van der Waals surface area contributed by atoms with Crippen molar-refractivity contribution in [2.45, 2.75) is 18.4 Å². The standard InChI is InChI=1S/C20H15NO3/c21-13-14-6-8-15(9-7-14)17(19-10-11-20(23)24-19)12-18(22)16-4-2-1-3-5-16/h1-11,17,19H,12H2/t17-,19-/m0/s1. The summed E-state index contributed by atoms with van der Waals surface area (Å²) in [5, 5.41) is 8.92. The topological polar surface area (TPSA) is 67.2 Å². The summed E-state index contributed by atoms with van der Waals surface area (Å²) in [6, 6.07) is 18.1. The number of hydrogen-bond donors (Lipinski definition) is 0. The van der Waals surface area contributed by atoms with E-state index in [4.69, 9.17) is 10.00 Å². The van der Waals surface area contributed by atoms with Gasteiger partial charge in [-0.3, -0.25) is 4.79 Å². The quantitative estimate of drug-likeness (QED) is 0.626. The fourth-order valence-corrected chi connectivity index (χ4v) is 2.77. The van der Waals surface area contributed by atoms with Crippen LogP contribution < -0.4 is 0 Å². The van der Waals surface area contributed by atoms with E-state index < -0.39 is 12.1 Å². The molecule has 1 aliphatic heterocycles. The Hall–Kier alpha value is -3.19. The molecule has 0 fully saturated rings. The maximum absolute atomic E-state index is 12.6. The molecule has 1 aliphatic rings. The van der Waals surface area contributed by atoms with Crippen molar-refractivity contribution in [1.29, 1.82) is 5.26 Å². The van der Waals surface area contributed by atoms with Gasteiger partial charge in [-0.05, 0) is 23.8 Å². The molecule has 24 heavy (non-hydrogen) atoms. The second-order valence-electron chi connectivity index (χ2n) is 5.59. The van der Waals surface area contributed by atoms with Gasteiger partial charge in [-0.2, -0.15) is 5.26 Å². The molecule has 0 spiro atoms. The zero-order chi connectivity index (χ0) is 16.9. The fourth-order valence-electron chi connectivity index (χ4n) is 2.77. The van der Waals surface area contributed by atoms with Crippen LogP contribution in [0.15, 0.2) is 66.7 Å². The van der Waals surface area contributed by atoms with Crippen LogP contribution in [0.1, 0.15) is 33.8 Å². The predicted molar refractivity (Wildman–Crippen MR) is 88.3 cm³/mol. The minimum atomic E-state index is -0.474. The first kappa shape index (κ1) is 15.7. The van der Waals surface area contributed by atoms with Gasteiger partial charge in [-0.1, -0.05) is 42.5 Å². The molecule has 0 N–H and O–H groups in total. The predicted octanol–water partition coefficient (Wildman–Crippen LogP) is 3.40. The first-order valence-electron chi connectivity index (χ1n) is 7.64. The number of nitrogens with zero attached hydrogens (tertiary/aromatic N) is 1. The van der Waals surface area contributed by atoms with E-state index in [-0.39, 0.29) is 18.1 Å². The number of Topliss-reactive ketones (excluding diaryl/α,β-unsaturated/α-hetero) is 1. The van der Waals surface area contributed by atoms with Crippen molar-refractivity contribution in [3.63, 3.8) is 0 Å². The van der Waals surface area contributed by atoms with E-state index in [0.717, 1.165) is 5.56 Å². The molecule has 0 unspecified atom stereocenters. The van der Waals surface area contributed by atoms with Crippen molar-refractivity contribution >= 4 is 11.8 Å². The van der Waals surface area contributed by atoms with Crippen molar-refractivity contribution in [3.05, 3.63) is 83.4 Å². The first-order chi connectivity index (χ1) is 11.7. The molecule has 1 heterocycles. The largest absolute Gasteiger partial charge is 0.454 e. The van der Waals surface area contributed by atoms with Crippen LogP contribution in [0.25, 0.3) is 0 Å². The third-order valence-corrected chi connectivity index (χ3v) is 4.04. The van der Waals surface area contributed by atoms with E-state index in [1.807, 2.05) is 30.3 Å². The summed E-state index contributed by atoms with van der Waals surface area (Å²) in [6.45, 7) is 0. The zero-order valence-corrected chi connectivity index (χ0v) is 12.9. The van der Waals surface area contributed by atoms with Gasteiger partial charge in [0.2, 0.25) is 0 Å². The lowest BCUT2D eigenvalue weighted by Gasteiger charge is -2.22. The summed E-state index contributed by atoms with van der Waals surface area (Å²) in [5.74, 6) is -0.694. The van der Waals surface area contributed by atoms with Crippen LogP contribution in [0, 0.1) is 11.3 Å². The molecule has 0 saturated carbocycles. The molecule has 0 amide bonds.